The Morgan fingerprint density at radius 2 is 1.93 bits per heavy atom. The first-order valence-electron chi connectivity index (χ1n) is 10.3. The number of fused-ring (bicyclic) bond motifs is 2. The Kier molecular flexibility index (Phi) is 4.41. The number of halogens is 1. The molecule has 2 aliphatic heterocycles. The fourth-order valence-corrected chi connectivity index (χ4v) is 6.25. The van der Waals surface area contributed by atoms with Gasteiger partial charge < -0.3 is 4.90 Å². The van der Waals surface area contributed by atoms with Crippen LogP contribution in [-0.4, -0.2) is 47.2 Å². The second kappa shape index (κ2) is 6.38. The maximum Gasteiger partial charge on any atom is 0.240 e. The van der Waals surface area contributed by atoms with Crippen molar-refractivity contribution in [1.29, 1.82) is 0 Å². The summed E-state index contributed by atoms with van der Waals surface area (Å²) in [5, 5.41) is 0. The molecule has 3 amide bonds. The smallest absolute Gasteiger partial charge is 0.240 e. The summed E-state index contributed by atoms with van der Waals surface area (Å²) in [5.41, 5.74) is -0.660. The molecule has 5 nitrogen and oxygen atoms in total. The summed E-state index contributed by atoms with van der Waals surface area (Å²) in [5.74, 6) is -1.34. The highest BCUT2D eigenvalue weighted by Gasteiger charge is 2.56. The predicted molar refractivity (Wildman–Crippen MR) is 106 cm³/mol. The molecule has 6 heteroatoms. The van der Waals surface area contributed by atoms with E-state index in [2.05, 4.69) is 20.8 Å². The van der Waals surface area contributed by atoms with E-state index in [1.54, 1.807) is 6.07 Å². The lowest BCUT2D eigenvalue weighted by Crippen LogP contribution is -2.44. The lowest BCUT2D eigenvalue weighted by atomic mass is 9.65. The maximum absolute atomic E-state index is 14.0. The first-order valence-corrected chi connectivity index (χ1v) is 10.3. The average molecular weight is 400 g/mol. The molecule has 1 aromatic rings. The first kappa shape index (κ1) is 20.0. The minimum absolute atomic E-state index is 0.0837. The molecule has 1 saturated carbocycles. The topological polar surface area (TPSA) is 57.7 Å². The standard InChI is InChI=1S/C23H29FN2O3/c1-21(2)9-17-10-22(3,13-21)14-26(17)19(28)12-23(11-18(27)25(4)20(23)29)15-6-5-7-16(24)8-15/h5-8,17H,9-14H2,1-4H3/t17-,22-,23+/m1/s1. The van der Waals surface area contributed by atoms with E-state index in [-0.39, 0.29) is 41.5 Å². The molecule has 2 saturated heterocycles. The lowest BCUT2D eigenvalue weighted by molar-refractivity contribution is -0.141. The Bertz CT molecular complexity index is 898. The van der Waals surface area contributed by atoms with Gasteiger partial charge in [0.1, 0.15) is 5.82 Å². The van der Waals surface area contributed by atoms with Gasteiger partial charge in [0, 0.05) is 32.5 Å². The molecular formula is C23H29FN2O3. The molecule has 2 heterocycles. The fraction of sp³-hybridized carbons (Fsp3) is 0.609. The molecule has 0 N–H and O–H groups in total. The van der Waals surface area contributed by atoms with Gasteiger partial charge in [-0.25, -0.2) is 4.39 Å². The van der Waals surface area contributed by atoms with Crippen LogP contribution >= 0.6 is 0 Å². The van der Waals surface area contributed by atoms with Crippen molar-refractivity contribution in [3.05, 3.63) is 35.6 Å². The Morgan fingerprint density at radius 3 is 2.55 bits per heavy atom. The Labute approximate surface area is 171 Å². The molecular weight excluding hydrogens is 371 g/mol. The van der Waals surface area contributed by atoms with Gasteiger partial charge >= 0.3 is 0 Å². The monoisotopic (exact) mass is 400 g/mol. The van der Waals surface area contributed by atoms with Crippen LogP contribution in [0, 0.1) is 16.6 Å². The molecule has 0 unspecified atom stereocenters. The Morgan fingerprint density at radius 1 is 1.21 bits per heavy atom. The van der Waals surface area contributed by atoms with Gasteiger partial charge in [-0.3, -0.25) is 19.3 Å². The van der Waals surface area contributed by atoms with Gasteiger partial charge in [0.25, 0.3) is 0 Å². The van der Waals surface area contributed by atoms with Crippen molar-refractivity contribution in [2.75, 3.05) is 13.6 Å². The highest BCUT2D eigenvalue weighted by molar-refractivity contribution is 6.10. The predicted octanol–water partition coefficient (Wildman–Crippen LogP) is 3.27. The van der Waals surface area contributed by atoms with Crippen LogP contribution in [0.5, 0.6) is 0 Å². The summed E-state index contributed by atoms with van der Waals surface area (Å²) in [6, 6.07) is 5.92. The van der Waals surface area contributed by atoms with Crippen molar-refractivity contribution in [2.24, 2.45) is 10.8 Å². The highest BCUT2D eigenvalue weighted by atomic mass is 19.1. The molecule has 3 fully saturated rings. The van der Waals surface area contributed by atoms with Crippen molar-refractivity contribution >= 4 is 17.7 Å². The van der Waals surface area contributed by atoms with Crippen molar-refractivity contribution in [3.8, 4) is 0 Å². The third kappa shape index (κ3) is 3.26. The van der Waals surface area contributed by atoms with Crippen LogP contribution in [0.15, 0.2) is 24.3 Å². The first-order chi connectivity index (χ1) is 13.4. The van der Waals surface area contributed by atoms with Gasteiger partial charge in [-0.1, -0.05) is 32.9 Å². The van der Waals surface area contributed by atoms with Gasteiger partial charge in [0.2, 0.25) is 17.7 Å². The van der Waals surface area contributed by atoms with Gasteiger partial charge in [-0.2, -0.15) is 0 Å². The van der Waals surface area contributed by atoms with Crippen LogP contribution in [0.3, 0.4) is 0 Å². The van der Waals surface area contributed by atoms with Gasteiger partial charge in [-0.15, -0.1) is 0 Å². The number of carbonyl (C=O) groups excluding carboxylic acids is 3. The number of hydrogen-bond acceptors (Lipinski definition) is 3. The van der Waals surface area contributed by atoms with E-state index in [1.807, 2.05) is 4.90 Å². The number of carbonyl (C=O) groups is 3. The average Bonchev–Trinajstić information content (AvgIpc) is 2.99. The number of amides is 3. The molecule has 156 valence electrons. The Hall–Kier alpha value is -2.24. The minimum atomic E-state index is -1.32. The van der Waals surface area contributed by atoms with Crippen molar-refractivity contribution in [2.45, 2.75) is 64.3 Å². The van der Waals surface area contributed by atoms with Crippen molar-refractivity contribution in [1.82, 2.24) is 9.80 Å². The normalized spacial score (nSPS) is 33.5. The van der Waals surface area contributed by atoms with Crippen LogP contribution in [0.4, 0.5) is 4.39 Å². The number of rotatable bonds is 3. The van der Waals surface area contributed by atoms with Crippen LogP contribution < -0.4 is 0 Å². The summed E-state index contributed by atoms with van der Waals surface area (Å²) >= 11 is 0. The molecule has 0 radical (unpaired) electrons. The van der Waals surface area contributed by atoms with Crippen LogP contribution in [-0.2, 0) is 19.8 Å². The number of hydrogen-bond donors (Lipinski definition) is 0. The Balaban J connectivity index is 1.67. The quantitative estimate of drug-likeness (QED) is 0.732. The van der Waals surface area contributed by atoms with E-state index in [0.717, 1.165) is 24.2 Å². The van der Waals surface area contributed by atoms with Crippen LogP contribution in [0.25, 0.3) is 0 Å². The molecule has 2 bridgehead atoms. The second-order valence-electron chi connectivity index (χ2n) is 10.4. The number of likely N-dealkylation sites (N-methyl/N-ethyl adjacent to an activating group) is 1. The summed E-state index contributed by atoms with van der Waals surface area (Å²) in [7, 11) is 1.43. The van der Waals surface area contributed by atoms with Gasteiger partial charge in [-0.05, 0) is 47.8 Å². The summed E-state index contributed by atoms with van der Waals surface area (Å²) in [4.78, 5) is 41.9. The van der Waals surface area contributed by atoms with E-state index < -0.39 is 17.1 Å². The summed E-state index contributed by atoms with van der Waals surface area (Å²) in [6.07, 6.45) is 2.78. The van der Waals surface area contributed by atoms with E-state index in [1.165, 1.54) is 25.2 Å². The second-order valence-corrected chi connectivity index (χ2v) is 10.4. The highest BCUT2D eigenvalue weighted by Crippen LogP contribution is 2.53. The molecule has 4 rings (SSSR count). The zero-order valence-electron chi connectivity index (χ0n) is 17.6. The fourth-order valence-electron chi connectivity index (χ4n) is 6.25. The SMILES string of the molecule is CN1C(=O)C[C@](CC(=O)N2C[C@]3(C)C[C@H]2CC(C)(C)C3)(c2cccc(F)c2)C1=O. The van der Waals surface area contributed by atoms with E-state index in [9.17, 15) is 18.8 Å². The zero-order valence-corrected chi connectivity index (χ0v) is 17.6. The van der Waals surface area contributed by atoms with E-state index >= 15 is 0 Å². The van der Waals surface area contributed by atoms with Crippen molar-refractivity contribution < 1.29 is 18.8 Å². The number of benzene rings is 1. The largest absolute Gasteiger partial charge is 0.339 e. The number of imide groups is 1. The maximum atomic E-state index is 14.0. The minimum Gasteiger partial charge on any atom is -0.339 e. The molecule has 29 heavy (non-hydrogen) atoms. The van der Waals surface area contributed by atoms with Gasteiger partial charge in [0.15, 0.2) is 0 Å². The summed E-state index contributed by atoms with van der Waals surface area (Å²) in [6.45, 7) is 7.40. The molecule has 0 spiro atoms. The molecule has 3 atom stereocenters. The van der Waals surface area contributed by atoms with Crippen LogP contribution in [0.2, 0.25) is 0 Å². The van der Waals surface area contributed by atoms with Gasteiger partial charge in [0.05, 0.1) is 5.41 Å². The van der Waals surface area contributed by atoms with Crippen molar-refractivity contribution in [3.63, 3.8) is 0 Å². The molecule has 0 aromatic heterocycles. The van der Waals surface area contributed by atoms with E-state index in [0.29, 0.717) is 12.1 Å². The molecule has 1 aromatic carbocycles. The number of likely N-dealkylation sites (tertiary alicyclic amines) is 2. The molecule has 1 aliphatic carbocycles. The number of nitrogens with zero attached hydrogens (tertiary/aromatic N) is 2. The molecule has 3 aliphatic rings. The summed E-state index contributed by atoms with van der Waals surface area (Å²) < 4.78 is 14.0. The lowest BCUT2D eigenvalue weighted by Gasteiger charge is -2.39. The third-order valence-electron chi connectivity index (χ3n) is 7.11. The third-order valence-corrected chi connectivity index (χ3v) is 7.11. The zero-order chi connectivity index (χ0) is 21.2. The van der Waals surface area contributed by atoms with E-state index in [4.69, 9.17) is 0 Å². The van der Waals surface area contributed by atoms with Crippen LogP contribution in [0.1, 0.15) is 58.4 Å².